The van der Waals surface area contributed by atoms with Gasteiger partial charge >= 0.3 is 11.9 Å². The zero-order chi connectivity index (χ0) is 38.5. The lowest BCUT2D eigenvalue weighted by molar-refractivity contribution is -0.138. The second kappa shape index (κ2) is 22.0. The summed E-state index contributed by atoms with van der Waals surface area (Å²) in [6, 6.07) is 26.5. The van der Waals surface area contributed by atoms with Crippen LogP contribution in [0.4, 0.5) is 11.4 Å². The first-order valence-electron chi connectivity index (χ1n) is 17.2. The average Bonchev–Trinajstić information content (AvgIpc) is 3.20. The maximum atomic E-state index is 12.9. The zero-order valence-electron chi connectivity index (χ0n) is 30.0. The number of aliphatic imine (C=N–C) groups is 1. The Morgan fingerprint density at radius 3 is 1.76 bits per heavy atom. The molecular weight excluding hydrogens is 709 g/mol. The van der Waals surface area contributed by atoms with Crippen LogP contribution in [0.2, 0.25) is 0 Å². The SMILES string of the molecule is C=CC(=O)OCCCCOc1ccc(C(=O)Nc2ccc(N=Cc3ccc(SC(=O)c4ccc(OCCCCOC(=O)C=C)cc4)cc3)cc2OC)cc1. The highest BCUT2D eigenvalue weighted by Gasteiger charge is 2.12. The van der Waals surface area contributed by atoms with Crippen LogP contribution in [0.5, 0.6) is 17.2 Å². The van der Waals surface area contributed by atoms with Crippen LogP contribution >= 0.6 is 11.8 Å². The first-order chi connectivity index (χ1) is 26.3. The lowest BCUT2D eigenvalue weighted by Gasteiger charge is -2.11. The molecule has 4 rings (SSSR count). The summed E-state index contributed by atoms with van der Waals surface area (Å²) in [5.74, 6) is 0.544. The number of unbranched alkanes of at least 4 members (excludes halogenated alkanes) is 2. The number of hydrogen-bond acceptors (Lipinski definition) is 11. The minimum Gasteiger partial charge on any atom is -0.494 e. The second-order valence-electron chi connectivity index (χ2n) is 11.5. The first kappa shape index (κ1) is 40.6. The van der Waals surface area contributed by atoms with E-state index in [1.807, 2.05) is 24.3 Å². The Kier molecular flexibility index (Phi) is 16.6. The highest BCUT2D eigenvalue weighted by atomic mass is 32.2. The Labute approximate surface area is 319 Å². The fraction of sp³-hybridized carbons (Fsp3) is 0.214. The van der Waals surface area contributed by atoms with Crippen LogP contribution in [-0.2, 0) is 19.1 Å². The number of esters is 2. The predicted molar refractivity (Wildman–Crippen MR) is 209 cm³/mol. The lowest BCUT2D eigenvalue weighted by Crippen LogP contribution is -2.12. The van der Waals surface area contributed by atoms with E-state index in [1.54, 1.807) is 72.9 Å². The van der Waals surface area contributed by atoms with Crippen LogP contribution < -0.4 is 19.5 Å². The van der Waals surface area contributed by atoms with Gasteiger partial charge in [0.15, 0.2) is 0 Å². The molecule has 0 spiro atoms. The Morgan fingerprint density at radius 1 is 0.685 bits per heavy atom. The van der Waals surface area contributed by atoms with Crippen molar-refractivity contribution in [3.63, 3.8) is 0 Å². The number of nitrogens with zero attached hydrogens (tertiary/aromatic N) is 1. The molecule has 1 amide bonds. The number of thioether (sulfide) groups is 1. The third-order valence-corrected chi connectivity index (χ3v) is 8.46. The molecule has 0 radical (unpaired) electrons. The van der Waals surface area contributed by atoms with Crippen LogP contribution in [0.1, 0.15) is 52.0 Å². The van der Waals surface area contributed by atoms with Crippen molar-refractivity contribution in [2.45, 2.75) is 30.6 Å². The van der Waals surface area contributed by atoms with Gasteiger partial charge < -0.3 is 29.0 Å². The highest BCUT2D eigenvalue weighted by Crippen LogP contribution is 2.30. The molecule has 4 aromatic rings. The van der Waals surface area contributed by atoms with Crippen LogP contribution in [0, 0.1) is 0 Å². The van der Waals surface area contributed by atoms with E-state index in [0.717, 1.165) is 40.8 Å². The third-order valence-electron chi connectivity index (χ3n) is 7.53. The van der Waals surface area contributed by atoms with E-state index < -0.39 is 11.9 Å². The molecule has 0 heterocycles. The Morgan fingerprint density at radius 2 is 1.22 bits per heavy atom. The highest BCUT2D eigenvalue weighted by molar-refractivity contribution is 8.14. The largest absolute Gasteiger partial charge is 0.494 e. The number of nitrogens with one attached hydrogen (secondary N) is 1. The van der Waals surface area contributed by atoms with Crippen molar-refractivity contribution in [3.8, 4) is 17.2 Å². The Balaban J connectivity index is 1.21. The number of anilines is 1. The summed E-state index contributed by atoms with van der Waals surface area (Å²) >= 11 is 1.13. The van der Waals surface area contributed by atoms with E-state index in [2.05, 4.69) is 23.5 Å². The molecule has 280 valence electrons. The van der Waals surface area contributed by atoms with Gasteiger partial charge in [-0.15, -0.1) is 0 Å². The average molecular weight is 751 g/mol. The molecule has 1 N–H and O–H groups in total. The van der Waals surface area contributed by atoms with Crippen LogP contribution in [0.3, 0.4) is 0 Å². The number of rotatable bonds is 21. The molecule has 0 aliphatic heterocycles. The molecule has 4 aromatic carbocycles. The lowest BCUT2D eigenvalue weighted by atomic mass is 10.2. The maximum Gasteiger partial charge on any atom is 0.330 e. The van der Waals surface area contributed by atoms with E-state index in [0.29, 0.717) is 85.4 Å². The Bertz CT molecular complexity index is 1910. The summed E-state index contributed by atoms with van der Waals surface area (Å²) in [5.41, 5.74) is 2.96. The summed E-state index contributed by atoms with van der Waals surface area (Å²) in [7, 11) is 1.52. The van der Waals surface area contributed by atoms with Crippen molar-refractivity contribution >= 4 is 52.3 Å². The van der Waals surface area contributed by atoms with Crippen LogP contribution in [-0.4, -0.2) is 62.7 Å². The molecule has 54 heavy (non-hydrogen) atoms. The first-order valence-corrected chi connectivity index (χ1v) is 18.0. The fourth-order valence-corrected chi connectivity index (χ4v) is 5.38. The second-order valence-corrected chi connectivity index (χ2v) is 12.5. The number of carbonyl (C=O) groups is 4. The Hall–Kier alpha value is -6.14. The molecule has 11 nitrogen and oxygen atoms in total. The van der Waals surface area contributed by atoms with Gasteiger partial charge in [-0.25, -0.2) is 9.59 Å². The molecule has 0 fully saturated rings. The summed E-state index contributed by atoms with van der Waals surface area (Å²) in [6.07, 6.45) is 6.74. The number of ether oxygens (including phenoxy) is 5. The monoisotopic (exact) mass is 750 g/mol. The van der Waals surface area contributed by atoms with Crippen molar-refractivity contribution in [3.05, 3.63) is 133 Å². The van der Waals surface area contributed by atoms with Crippen molar-refractivity contribution in [1.82, 2.24) is 0 Å². The van der Waals surface area contributed by atoms with Gasteiger partial charge in [-0.2, -0.15) is 0 Å². The molecule has 0 saturated heterocycles. The smallest absolute Gasteiger partial charge is 0.330 e. The molecule has 12 heteroatoms. The minimum absolute atomic E-state index is 0.0914. The van der Waals surface area contributed by atoms with Crippen molar-refractivity contribution < 1.29 is 42.9 Å². The number of amides is 1. The number of hydrogen-bond donors (Lipinski definition) is 1. The maximum absolute atomic E-state index is 12.9. The zero-order valence-corrected chi connectivity index (χ0v) is 30.8. The van der Waals surface area contributed by atoms with Crippen molar-refractivity contribution in [2.75, 3.05) is 38.9 Å². The number of methoxy groups -OCH3 is 1. The van der Waals surface area contributed by atoms with Gasteiger partial charge in [-0.3, -0.25) is 14.6 Å². The summed E-state index contributed by atoms with van der Waals surface area (Å²) in [6.45, 7) is 8.26. The van der Waals surface area contributed by atoms with E-state index >= 15 is 0 Å². The minimum atomic E-state index is -0.443. The molecule has 0 unspecified atom stereocenters. The van der Waals surface area contributed by atoms with Gasteiger partial charge in [0.25, 0.3) is 5.91 Å². The van der Waals surface area contributed by atoms with Crippen LogP contribution in [0.15, 0.2) is 126 Å². The molecule has 0 aliphatic carbocycles. The van der Waals surface area contributed by atoms with Gasteiger partial charge in [-0.05, 0) is 116 Å². The molecule has 0 aromatic heterocycles. The summed E-state index contributed by atoms with van der Waals surface area (Å²) in [5, 5.41) is 2.79. The van der Waals surface area contributed by atoms with E-state index in [9.17, 15) is 19.2 Å². The van der Waals surface area contributed by atoms with E-state index in [-0.39, 0.29) is 11.0 Å². The van der Waals surface area contributed by atoms with Gasteiger partial charge in [0, 0.05) is 40.5 Å². The van der Waals surface area contributed by atoms with Gasteiger partial charge in [0.1, 0.15) is 17.2 Å². The molecule has 0 bridgehead atoms. The van der Waals surface area contributed by atoms with Gasteiger partial charge in [0.05, 0.1) is 44.9 Å². The normalized spacial score (nSPS) is 10.6. The van der Waals surface area contributed by atoms with Crippen LogP contribution in [0.25, 0.3) is 0 Å². The van der Waals surface area contributed by atoms with Crippen molar-refractivity contribution in [1.29, 1.82) is 0 Å². The molecule has 0 saturated carbocycles. The molecular formula is C42H42N2O9S. The summed E-state index contributed by atoms with van der Waals surface area (Å²) in [4.78, 5) is 53.3. The standard InChI is InChI=1S/C42H42N2O9S/c1-4-39(45)52-26-8-6-24-50-34-17-12-31(13-18-34)41(47)44-37-23-16-33(28-38(37)49-3)43-29-30-10-21-36(22-11-30)54-42(48)32-14-19-35(20-15-32)51-25-7-9-27-53-40(46)5-2/h4-5,10-23,28-29H,1-2,6-9,24-27H2,3H3,(H,44,47). The fourth-order valence-electron chi connectivity index (χ4n) is 4.64. The van der Waals surface area contributed by atoms with Gasteiger partial charge in [-0.1, -0.05) is 25.3 Å². The van der Waals surface area contributed by atoms with Gasteiger partial charge in [0.2, 0.25) is 5.12 Å². The number of carbonyl (C=O) groups excluding carboxylic acids is 4. The predicted octanol–water partition coefficient (Wildman–Crippen LogP) is 8.41. The van der Waals surface area contributed by atoms with Crippen molar-refractivity contribution in [2.24, 2.45) is 4.99 Å². The topological polar surface area (TPSA) is 139 Å². The van der Waals surface area contributed by atoms with E-state index in [1.165, 1.54) is 7.11 Å². The molecule has 0 aliphatic rings. The summed E-state index contributed by atoms with van der Waals surface area (Å²) < 4.78 is 26.8. The molecule has 0 atom stereocenters. The quantitative estimate of drug-likeness (QED) is 0.0290. The van der Waals surface area contributed by atoms with E-state index in [4.69, 9.17) is 23.7 Å². The number of benzene rings is 4. The third kappa shape index (κ3) is 13.8.